The van der Waals surface area contributed by atoms with Crippen molar-refractivity contribution < 1.29 is 18.0 Å². The van der Waals surface area contributed by atoms with Gasteiger partial charge in [-0.15, -0.1) is 0 Å². The van der Waals surface area contributed by atoms with E-state index >= 15 is 0 Å². The molecule has 0 saturated carbocycles. The van der Waals surface area contributed by atoms with Gasteiger partial charge in [0.2, 0.25) is 0 Å². The molecule has 0 aliphatic rings. The summed E-state index contributed by atoms with van der Waals surface area (Å²) >= 11 is 11.8. The van der Waals surface area contributed by atoms with Gasteiger partial charge in [0.1, 0.15) is 0 Å². The van der Waals surface area contributed by atoms with Crippen molar-refractivity contribution in [3.8, 4) is 0 Å². The number of nitrogens with one attached hydrogen (secondary N) is 1. The summed E-state index contributed by atoms with van der Waals surface area (Å²) in [5, 5.41) is 2.63. The standard InChI is InChI=1S/C12H12Cl2F3NO/c1-11(2,6-18-10(19)12(15,16)17)8-4-3-7(13)5-9(8)14/h3-5H,6H2,1-2H3,(H,18,19). The molecule has 2 nitrogen and oxygen atoms in total. The molecule has 19 heavy (non-hydrogen) atoms. The van der Waals surface area contributed by atoms with E-state index in [0.717, 1.165) is 0 Å². The fourth-order valence-corrected chi connectivity index (χ4v) is 2.20. The highest BCUT2D eigenvalue weighted by Gasteiger charge is 2.39. The molecular formula is C12H12Cl2F3NO. The number of rotatable bonds is 3. The minimum absolute atomic E-state index is 0.188. The van der Waals surface area contributed by atoms with Crippen molar-refractivity contribution in [1.82, 2.24) is 5.32 Å². The molecule has 1 amide bonds. The number of benzene rings is 1. The van der Waals surface area contributed by atoms with Crippen molar-refractivity contribution in [2.24, 2.45) is 0 Å². The normalized spacial score (nSPS) is 12.4. The predicted molar refractivity (Wildman–Crippen MR) is 68.6 cm³/mol. The van der Waals surface area contributed by atoms with Crippen LogP contribution in [0.25, 0.3) is 0 Å². The number of hydrogen-bond donors (Lipinski definition) is 1. The van der Waals surface area contributed by atoms with Gasteiger partial charge in [0.25, 0.3) is 0 Å². The molecule has 0 radical (unpaired) electrons. The highest BCUT2D eigenvalue weighted by molar-refractivity contribution is 6.35. The van der Waals surface area contributed by atoms with Crippen LogP contribution in [0.1, 0.15) is 19.4 Å². The van der Waals surface area contributed by atoms with Gasteiger partial charge in [-0.25, -0.2) is 0 Å². The SMILES string of the molecule is CC(C)(CNC(=O)C(F)(F)F)c1ccc(Cl)cc1Cl. The quantitative estimate of drug-likeness (QED) is 0.899. The van der Waals surface area contributed by atoms with E-state index in [4.69, 9.17) is 23.2 Å². The summed E-state index contributed by atoms with van der Waals surface area (Å²) in [6.07, 6.45) is -4.89. The van der Waals surface area contributed by atoms with Crippen molar-refractivity contribution in [2.45, 2.75) is 25.4 Å². The lowest BCUT2D eigenvalue weighted by Gasteiger charge is -2.27. The molecule has 0 fully saturated rings. The van der Waals surface area contributed by atoms with Gasteiger partial charge in [-0.05, 0) is 17.7 Å². The Morgan fingerprint density at radius 1 is 1.26 bits per heavy atom. The molecule has 7 heteroatoms. The number of alkyl halides is 3. The minimum Gasteiger partial charge on any atom is -0.347 e. The predicted octanol–water partition coefficient (Wildman–Crippen LogP) is 3.95. The van der Waals surface area contributed by atoms with Crippen LogP contribution in [0, 0.1) is 0 Å². The van der Waals surface area contributed by atoms with Crippen molar-refractivity contribution >= 4 is 29.1 Å². The van der Waals surface area contributed by atoms with E-state index in [2.05, 4.69) is 0 Å². The van der Waals surface area contributed by atoms with E-state index < -0.39 is 17.5 Å². The van der Waals surface area contributed by atoms with Crippen LogP contribution in [0.15, 0.2) is 18.2 Å². The molecule has 0 bridgehead atoms. The van der Waals surface area contributed by atoms with Gasteiger partial charge < -0.3 is 5.32 Å². The molecule has 0 atom stereocenters. The molecule has 1 aromatic rings. The molecular weight excluding hydrogens is 302 g/mol. The summed E-state index contributed by atoms with van der Waals surface area (Å²) in [5.41, 5.74) is -0.135. The summed E-state index contributed by atoms with van der Waals surface area (Å²) in [6, 6.07) is 4.73. The molecule has 0 spiro atoms. The highest BCUT2D eigenvalue weighted by atomic mass is 35.5. The molecule has 0 aliphatic heterocycles. The zero-order chi connectivity index (χ0) is 14.8. The van der Waals surface area contributed by atoms with Crippen LogP contribution in [-0.4, -0.2) is 18.6 Å². The average molecular weight is 314 g/mol. The van der Waals surface area contributed by atoms with E-state index in [-0.39, 0.29) is 6.54 Å². The Morgan fingerprint density at radius 2 is 1.84 bits per heavy atom. The third-order valence-electron chi connectivity index (χ3n) is 2.61. The first kappa shape index (κ1) is 16.1. The Bertz CT molecular complexity index is 486. The lowest BCUT2D eigenvalue weighted by Crippen LogP contribution is -2.43. The van der Waals surface area contributed by atoms with Gasteiger partial charge in [0.15, 0.2) is 0 Å². The summed E-state index contributed by atoms with van der Waals surface area (Å²) in [5.74, 6) is -1.97. The molecule has 0 heterocycles. The second-order valence-corrected chi connectivity index (χ2v) is 5.53. The van der Waals surface area contributed by atoms with Crippen molar-refractivity contribution in [3.63, 3.8) is 0 Å². The highest BCUT2D eigenvalue weighted by Crippen LogP contribution is 2.31. The maximum Gasteiger partial charge on any atom is 0.471 e. The first-order chi connectivity index (χ1) is 8.54. The number of amides is 1. The van der Waals surface area contributed by atoms with Gasteiger partial charge in [-0.2, -0.15) is 13.2 Å². The molecule has 0 aliphatic carbocycles. The Hall–Kier alpha value is -0.940. The first-order valence-corrected chi connectivity index (χ1v) is 6.10. The molecule has 1 aromatic carbocycles. The van der Waals surface area contributed by atoms with E-state index in [0.29, 0.717) is 15.6 Å². The molecule has 0 aromatic heterocycles. The van der Waals surface area contributed by atoms with Crippen LogP contribution in [0.4, 0.5) is 13.2 Å². The van der Waals surface area contributed by atoms with E-state index in [1.807, 2.05) is 5.32 Å². The number of halogens is 5. The lowest BCUT2D eigenvalue weighted by atomic mass is 9.84. The third-order valence-corrected chi connectivity index (χ3v) is 3.16. The van der Waals surface area contributed by atoms with Crippen LogP contribution >= 0.6 is 23.2 Å². The number of carbonyl (C=O) groups excluding carboxylic acids is 1. The van der Waals surface area contributed by atoms with Crippen molar-refractivity contribution in [3.05, 3.63) is 33.8 Å². The van der Waals surface area contributed by atoms with Crippen molar-refractivity contribution in [2.75, 3.05) is 6.54 Å². The number of hydrogen-bond acceptors (Lipinski definition) is 1. The van der Waals surface area contributed by atoms with Gasteiger partial charge >= 0.3 is 12.1 Å². The molecule has 1 N–H and O–H groups in total. The van der Waals surface area contributed by atoms with Gasteiger partial charge in [-0.1, -0.05) is 43.1 Å². The second kappa shape index (κ2) is 5.59. The zero-order valence-electron chi connectivity index (χ0n) is 10.2. The van der Waals surface area contributed by atoms with Crippen LogP contribution < -0.4 is 5.32 Å². The second-order valence-electron chi connectivity index (χ2n) is 4.69. The molecule has 0 unspecified atom stereocenters. The molecule has 106 valence electrons. The topological polar surface area (TPSA) is 29.1 Å². The maximum absolute atomic E-state index is 12.1. The molecule has 1 rings (SSSR count). The van der Waals surface area contributed by atoms with Crippen molar-refractivity contribution in [1.29, 1.82) is 0 Å². The lowest BCUT2D eigenvalue weighted by molar-refractivity contribution is -0.173. The summed E-state index contributed by atoms with van der Waals surface area (Å²) in [4.78, 5) is 10.8. The average Bonchev–Trinajstić information content (AvgIpc) is 2.24. The van der Waals surface area contributed by atoms with Crippen LogP contribution in [0.3, 0.4) is 0 Å². The Kier molecular flexibility index (Phi) is 4.74. The zero-order valence-corrected chi connectivity index (χ0v) is 11.7. The fourth-order valence-electron chi connectivity index (χ4n) is 1.54. The Morgan fingerprint density at radius 3 is 2.32 bits per heavy atom. The Balaban J connectivity index is 2.84. The summed E-state index contributed by atoms with van der Waals surface area (Å²) in [6.45, 7) is 3.17. The number of carbonyl (C=O) groups is 1. The van der Waals surface area contributed by atoms with Gasteiger partial charge in [-0.3, -0.25) is 4.79 Å². The summed E-state index contributed by atoms with van der Waals surface area (Å²) < 4.78 is 36.3. The van der Waals surface area contributed by atoms with Crippen LogP contribution in [0.2, 0.25) is 10.0 Å². The van der Waals surface area contributed by atoms with Crippen LogP contribution in [-0.2, 0) is 10.2 Å². The van der Waals surface area contributed by atoms with Gasteiger partial charge in [0.05, 0.1) is 0 Å². The van der Waals surface area contributed by atoms with E-state index in [9.17, 15) is 18.0 Å². The minimum atomic E-state index is -4.89. The van der Waals surface area contributed by atoms with E-state index in [1.165, 1.54) is 6.07 Å². The first-order valence-electron chi connectivity index (χ1n) is 5.34. The van der Waals surface area contributed by atoms with Crippen LogP contribution in [0.5, 0.6) is 0 Å². The molecule has 0 saturated heterocycles. The van der Waals surface area contributed by atoms with E-state index in [1.54, 1.807) is 26.0 Å². The fraction of sp³-hybridized carbons (Fsp3) is 0.417. The Labute approximate surface area is 118 Å². The smallest absolute Gasteiger partial charge is 0.347 e. The maximum atomic E-state index is 12.1. The summed E-state index contributed by atoms with van der Waals surface area (Å²) in [7, 11) is 0. The monoisotopic (exact) mass is 313 g/mol. The largest absolute Gasteiger partial charge is 0.471 e. The van der Waals surface area contributed by atoms with Gasteiger partial charge in [0, 0.05) is 22.0 Å². The third kappa shape index (κ3) is 4.28.